The van der Waals surface area contributed by atoms with Crippen molar-refractivity contribution in [2.75, 3.05) is 18.4 Å². The van der Waals surface area contributed by atoms with Crippen molar-refractivity contribution >= 4 is 23.2 Å². The minimum Gasteiger partial charge on any atom is -0.454 e. The number of benzene rings is 1. The van der Waals surface area contributed by atoms with Gasteiger partial charge in [0.25, 0.3) is 0 Å². The van der Waals surface area contributed by atoms with E-state index in [0.29, 0.717) is 16.5 Å². The molecule has 0 saturated heterocycles. The zero-order valence-corrected chi connectivity index (χ0v) is 13.8. The monoisotopic (exact) mass is 318 g/mol. The summed E-state index contributed by atoms with van der Waals surface area (Å²) in [7, 11) is 0. The van der Waals surface area contributed by atoms with Crippen molar-refractivity contribution in [1.82, 2.24) is 0 Å². The van der Waals surface area contributed by atoms with Crippen LogP contribution in [0.15, 0.2) is 28.8 Å². The number of carbonyl (C=O) groups is 1. The smallest absolute Gasteiger partial charge is 0.231 e. The molecule has 1 heterocycles. The summed E-state index contributed by atoms with van der Waals surface area (Å²) in [5.74, 6) is 1.14. The van der Waals surface area contributed by atoms with Gasteiger partial charge in [-0.25, -0.2) is 0 Å². The molecule has 0 bridgehead atoms. The van der Waals surface area contributed by atoms with Gasteiger partial charge in [-0.1, -0.05) is 20.8 Å². The lowest BCUT2D eigenvalue weighted by molar-refractivity contribution is -0.122. The van der Waals surface area contributed by atoms with Crippen molar-refractivity contribution in [3.8, 4) is 17.6 Å². The summed E-state index contributed by atoms with van der Waals surface area (Å²) in [6.07, 6.45) is 1.82. The average molecular weight is 318 g/mol. The largest absolute Gasteiger partial charge is 0.454 e. The Morgan fingerprint density at radius 1 is 1.32 bits per heavy atom. The molecule has 0 aliphatic carbocycles. The zero-order valence-electron chi connectivity index (χ0n) is 13.0. The minimum absolute atomic E-state index is 0.137. The molecule has 0 fully saturated rings. The minimum atomic E-state index is -0.609. The van der Waals surface area contributed by atoms with E-state index in [4.69, 9.17) is 9.47 Å². The van der Waals surface area contributed by atoms with Gasteiger partial charge in [0.1, 0.15) is 11.6 Å². The van der Waals surface area contributed by atoms with Crippen LogP contribution in [0.2, 0.25) is 0 Å². The third-order valence-electron chi connectivity index (χ3n) is 3.08. The molecule has 0 spiro atoms. The van der Waals surface area contributed by atoms with Crippen molar-refractivity contribution in [3.63, 3.8) is 0 Å². The molecule has 1 aromatic rings. The first-order valence-corrected chi connectivity index (χ1v) is 7.99. The highest BCUT2D eigenvalue weighted by molar-refractivity contribution is 8.02. The molecule has 0 atom stereocenters. The quantitative estimate of drug-likeness (QED) is 0.676. The van der Waals surface area contributed by atoms with Gasteiger partial charge in [-0.05, 0) is 18.4 Å². The van der Waals surface area contributed by atoms with Gasteiger partial charge in [-0.2, -0.15) is 5.26 Å². The van der Waals surface area contributed by atoms with E-state index in [1.54, 1.807) is 32.9 Å². The average Bonchev–Trinajstić information content (AvgIpc) is 2.93. The Hall–Kier alpha value is -2.13. The molecule has 22 heavy (non-hydrogen) atoms. The number of ether oxygens (including phenoxy) is 2. The van der Waals surface area contributed by atoms with Gasteiger partial charge in [0, 0.05) is 17.2 Å². The van der Waals surface area contributed by atoms with E-state index in [-0.39, 0.29) is 18.1 Å². The summed E-state index contributed by atoms with van der Waals surface area (Å²) >= 11 is 1.33. The SMILES string of the molecule is CSC(Nc1ccc2c(c1)OCO2)=C(C#N)C(=O)C(C)(C)C. The molecule has 1 N–H and O–H groups in total. The Kier molecular flexibility index (Phi) is 4.67. The van der Waals surface area contributed by atoms with Crippen molar-refractivity contribution in [3.05, 3.63) is 28.8 Å². The third kappa shape index (κ3) is 3.37. The summed E-state index contributed by atoms with van der Waals surface area (Å²) in [6.45, 7) is 5.59. The maximum Gasteiger partial charge on any atom is 0.231 e. The highest BCUT2D eigenvalue weighted by Crippen LogP contribution is 2.35. The summed E-state index contributed by atoms with van der Waals surface area (Å²) in [5, 5.41) is 13.0. The fraction of sp³-hybridized carbons (Fsp3) is 0.375. The van der Waals surface area contributed by atoms with E-state index >= 15 is 0 Å². The number of rotatable bonds is 4. The summed E-state index contributed by atoms with van der Waals surface area (Å²) in [5.41, 5.74) is 0.267. The van der Waals surface area contributed by atoms with Crippen molar-refractivity contribution in [1.29, 1.82) is 5.26 Å². The second-order valence-electron chi connectivity index (χ2n) is 5.79. The van der Waals surface area contributed by atoms with Crippen LogP contribution in [0, 0.1) is 16.7 Å². The first-order valence-electron chi connectivity index (χ1n) is 6.76. The summed E-state index contributed by atoms with van der Waals surface area (Å²) < 4.78 is 10.6. The number of Topliss-reactive ketones (excluding diaryl/α,β-unsaturated/α-hetero) is 1. The zero-order chi connectivity index (χ0) is 16.3. The van der Waals surface area contributed by atoms with Crippen LogP contribution in [0.5, 0.6) is 11.5 Å². The fourth-order valence-corrected chi connectivity index (χ4v) is 2.46. The Bertz CT molecular complexity index is 669. The normalized spacial score (nSPS) is 14.1. The molecule has 0 radical (unpaired) electrons. The highest BCUT2D eigenvalue weighted by Gasteiger charge is 2.27. The molecule has 0 aromatic heterocycles. The molecular weight excluding hydrogens is 300 g/mol. The molecule has 0 unspecified atom stereocenters. The van der Waals surface area contributed by atoms with Crippen molar-refractivity contribution in [2.24, 2.45) is 5.41 Å². The number of anilines is 1. The number of nitrogens with one attached hydrogen (secondary N) is 1. The number of ketones is 1. The topological polar surface area (TPSA) is 71.3 Å². The van der Waals surface area contributed by atoms with E-state index in [1.165, 1.54) is 11.8 Å². The van der Waals surface area contributed by atoms with Crippen LogP contribution in [-0.4, -0.2) is 18.8 Å². The second-order valence-corrected chi connectivity index (χ2v) is 6.61. The molecule has 1 aliphatic rings. The molecule has 1 aromatic carbocycles. The molecule has 0 amide bonds. The van der Waals surface area contributed by atoms with E-state index in [1.807, 2.05) is 18.4 Å². The Labute approximate surface area is 134 Å². The molecule has 6 heteroatoms. The van der Waals surface area contributed by atoms with Gasteiger partial charge in [0.15, 0.2) is 17.3 Å². The van der Waals surface area contributed by atoms with Gasteiger partial charge in [0.05, 0.1) is 5.03 Å². The van der Waals surface area contributed by atoms with Crippen LogP contribution in [-0.2, 0) is 4.79 Å². The maximum absolute atomic E-state index is 12.4. The summed E-state index contributed by atoms with van der Waals surface area (Å²) in [6, 6.07) is 7.42. The number of hydrogen-bond donors (Lipinski definition) is 1. The van der Waals surface area contributed by atoms with Crippen LogP contribution >= 0.6 is 11.8 Å². The first kappa shape index (κ1) is 16.2. The van der Waals surface area contributed by atoms with Crippen molar-refractivity contribution in [2.45, 2.75) is 20.8 Å². The van der Waals surface area contributed by atoms with E-state index in [2.05, 4.69) is 5.32 Å². The summed E-state index contributed by atoms with van der Waals surface area (Å²) in [4.78, 5) is 12.4. The number of fused-ring (bicyclic) bond motifs is 1. The van der Waals surface area contributed by atoms with E-state index < -0.39 is 5.41 Å². The number of thioether (sulfide) groups is 1. The fourth-order valence-electron chi connectivity index (χ4n) is 1.90. The molecule has 116 valence electrons. The standard InChI is InChI=1S/C16H18N2O3S/c1-16(2,3)14(19)11(8-17)15(22-4)18-10-5-6-12-13(7-10)21-9-20-12/h5-7,18H,9H2,1-4H3. The second kappa shape index (κ2) is 6.32. The first-order chi connectivity index (χ1) is 10.4. The van der Waals surface area contributed by atoms with Crippen LogP contribution in [0.1, 0.15) is 20.8 Å². The van der Waals surface area contributed by atoms with Crippen LogP contribution in [0.4, 0.5) is 5.69 Å². The predicted octanol–water partition coefficient (Wildman–Crippen LogP) is 3.54. The van der Waals surface area contributed by atoms with Gasteiger partial charge < -0.3 is 14.8 Å². The molecular formula is C16H18N2O3S. The Balaban J connectivity index is 2.33. The predicted molar refractivity (Wildman–Crippen MR) is 86.8 cm³/mol. The third-order valence-corrected chi connectivity index (χ3v) is 3.80. The number of nitrogens with zero attached hydrogens (tertiary/aromatic N) is 1. The molecule has 1 aliphatic heterocycles. The lowest BCUT2D eigenvalue weighted by Crippen LogP contribution is -2.23. The van der Waals surface area contributed by atoms with Crippen LogP contribution < -0.4 is 14.8 Å². The number of nitriles is 1. The van der Waals surface area contributed by atoms with E-state index in [9.17, 15) is 10.1 Å². The molecule has 0 saturated carbocycles. The van der Waals surface area contributed by atoms with E-state index in [0.717, 1.165) is 5.69 Å². The number of allylic oxidation sites excluding steroid dienone is 1. The number of hydrogen-bond acceptors (Lipinski definition) is 6. The Morgan fingerprint density at radius 2 is 2.00 bits per heavy atom. The van der Waals surface area contributed by atoms with Crippen molar-refractivity contribution < 1.29 is 14.3 Å². The Morgan fingerprint density at radius 3 is 2.59 bits per heavy atom. The molecule has 2 rings (SSSR count). The molecule has 5 nitrogen and oxygen atoms in total. The van der Waals surface area contributed by atoms with Crippen LogP contribution in [0.25, 0.3) is 0 Å². The van der Waals surface area contributed by atoms with Crippen LogP contribution in [0.3, 0.4) is 0 Å². The number of carbonyl (C=O) groups excluding carboxylic acids is 1. The van der Waals surface area contributed by atoms with Gasteiger partial charge in [0.2, 0.25) is 6.79 Å². The lowest BCUT2D eigenvalue weighted by Gasteiger charge is -2.18. The lowest BCUT2D eigenvalue weighted by atomic mass is 9.87. The van der Waals surface area contributed by atoms with Gasteiger partial charge in [-0.15, -0.1) is 11.8 Å². The maximum atomic E-state index is 12.4. The highest BCUT2D eigenvalue weighted by atomic mass is 32.2. The van der Waals surface area contributed by atoms with Gasteiger partial charge in [-0.3, -0.25) is 4.79 Å². The van der Waals surface area contributed by atoms with Gasteiger partial charge >= 0.3 is 0 Å².